The van der Waals surface area contributed by atoms with Crippen LogP contribution in [0.4, 0.5) is 0 Å². The Hall–Kier alpha value is -0.973. The van der Waals surface area contributed by atoms with Crippen molar-refractivity contribution in [3.63, 3.8) is 0 Å². The van der Waals surface area contributed by atoms with Gasteiger partial charge in [0.25, 0.3) is 0 Å². The van der Waals surface area contributed by atoms with Gasteiger partial charge in [0.05, 0.1) is 0 Å². The van der Waals surface area contributed by atoms with E-state index < -0.39 is 20.5 Å². The second kappa shape index (κ2) is 6.42. The van der Waals surface area contributed by atoms with Gasteiger partial charge in [-0.3, -0.25) is 4.79 Å². The Morgan fingerprint density at radius 1 is 1.19 bits per heavy atom. The fourth-order valence-electron chi connectivity index (χ4n) is 1.80. The van der Waals surface area contributed by atoms with Crippen LogP contribution in [-0.4, -0.2) is 25.3 Å². The number of rotatable bonds is 5. The number of aliphatic hydroxyl groups is 1. The molecule has 0 heterocycles. The third kappa shape index (κ3) is 4.50. The lowest BCUT2D eigenvalue weighted by Crippen LogP contribution is -2.47. The number of aryl methyl sites for hydroxylation is 1. The Labute approximate surface area is 129 Å². The molecule has 0 fully saturated rings. The molecule has 21 heavy (non-hydrogen) atoms. The zero-order valence-corrected chi connectivity index (χ0v) is 15.2. The van der Waals surface area contributed by atoms with Gasteiger partial charge in [-0.15, -0.1) is 0 Å². The topological polar surface area (TPSA) is 46.5 Å². The Bertz CT molecular complexity index is 486. The molecule has 0 amide bonds. The molecule has 1 aromatic rings. The highest BCUT2D eigenvalue weighted by atomic mass is 28.4. The fraction of sp³-hybridized carbons (Fsp3) is 0.588. The van der Waals surface area contributed by atoms with Crippen molar-refractivity contribution in [1.82, 2.24) is 0 Å². The molecule has 0 aromatic heterocycles. The number of hydrogen-bond donors (Lipinski definition) is 1. The minimum atomic E-state index is -2.12. The normalized spacial score (nSPS) is 15.6. The molecular weight excluding hydrogens is 280 g/mol. The number of aliphatic hydroxyl groups excluding tert-OH is 1. The predicted octanol–water partition coefficient (Wildman–Crippen LogP) is 4.01. The van der Waals surface area contributed by atoms with Crippen molar-refractivity contribution in [1.29, 1.82) is 0 Å². The van der Waals surface area contributed by atoms with Crippen LogP contribution in [0.5, 0.6) is 0 Å². The summed E-state index contributed by atoms with van der Waals surface area (Å²) in [5, 5.41) is 10.5. The van der Waals surface area contributed by atoms with E-state index in [4.69, 9.17) is 4.43 Å². The van der Waals surface area contributed by atoms with Crippen molar-refractivity contribution in [2.24, 2.45) is 0 Å². The van der Waals surface area contributed by atoms with Crippen LogP contribution in [0.25, 0.3) is 0 Å². The van der Waals surface area contributed by atoms with E-state index >= 15 is 0 Å². The fourth-order valence-corrected chi connectivity index (χ4v) is 3.09. The lowest BCUT2D eigenvalue weighted by atomic mass is 10.0. The molecule has 0 saturated heterocycles. The van der Waals surface area contributed by atoms with E-state index in [1.807, 2.05) is 31.2 Å². The first kappa shape index (κ1) is 18.1. The number of Topliss-reactive ketones (excluding diaryl/α,β-unsaturated/α-hetero) is 1. The van der Waals surface area contributed by atoms with Crippen LogP contribution in [-0.2, 0) is 9.22 Å². The number of ketones is 1. The first-order valence-electron chi connectivity index (χ1n) is 7.38. The van der Waals surface area contributed by atoms with Crippen LogP contribution < -0.4 is 0 Å². The highest BCUT2D eigenvalue weighted by Gasteiger charge is 2.42. The summed E-state index contributed by atoms with van der Waals surface area (Å²) >= 11 is 0. The van der Waals surface area contributed by atoms with Crippen molar-refractivity contribution in [3.05, 3.63) is 35.4 Å². The number of hydrogen-bond acceptors (Lipinski definition) is 3. The molecule has 2 atom stereocenters. The lowest BCUT2D eigenvalue weighted by molar-refractivity contribution is -0.129. The number of benzene rings is 1. The highest BCUT2D eigenvalue weighted by Crippen LogP contribution is 2.38. The monoisotopic (exact) mass is 308 g/mol. The third-order valence-electron chi connectivity index (χ3n) is 4.33. The van der Waals surface area contributed by atoms with E-state index in [0.717, 1.165) is 11.1 Å². The van der Waals surface area contributed by atoms with Gasteiger partial charge in [0.15, 0.2) is 14.1 Å². The molecule has 0 saturated carbocycles. The van der Waals surface area contributed by atoms with Crippen LogP contribution >= 0.6 is 0 Å². The molecule has 3 nitrogen and oxygen atoms in total. The predicted molar refractivity (Wildman–Crippen MR) is 88.9 cm³/mol. The quantitative estimate of drug-likeness (QED) is 0.836. The average molecular weight is 308 g/mol. The minimum Gasteiger partial charge on any atom is -0.404 e. The number of carbonyl (C=O) groups excluding carboxylic acids is 1. The van der Waals surface area contributed by atoms with Crippen molar-refractivity contribution in [2.75, 3.05) is 0 Å². The Morgan fingerprint density at radius 3 is 2.05 bits per heavy atom. The molecule has 1 N–H and O–H groups in total. The van der Waals surface area contributed by atoms with Gasteiger partial charge < -0.3 is 9.53 Å². The van der Waals surface area contributed by atoms with Gasteiger partial charge in [-0.25, -0.2) is 0 Å². The van der Waals surface area contributed by atoms with Gasteiger partial charge in [-0.2, -0.15) is 0 Å². The van der Waals surface area contributed by atoms with Crippen molar-refractivity contribution < 1.29 is 14.3 Å². The van der Waals surface area contributed by atoms with Crippen LogP contribution in [0.1, 0.15) is 44.9 Å². The average Bonchev–Trinajstić information content (AvgIpc) is 2.34. The zero-order chi connectivity index (χ0) is 16.4. The highest BCUT2D eigenvalue weighted by molar-refractivity contribution is 6.74. The standard InChI is InChI=1S/C17H28O3Si/c1-12-8-10-14(11-9-12)15(19)16(13(2)18)20-21(6,7)17(3,4)5/h8-11,15-16,19H,1-7H3/t15-,16-/m0/s1. The molecule has 118 valence electrons. The van der Waals surface area contributed by atoms with Crippen LogP contribution in [0.15, 0.2) is 24.3 Å². The molecule has 0 bridgehead atoms. The second-order valence-corrected chi connectivity index (χ2v) is 12.0. The molecule has 0 unspecified atom stereocenters. The van der Waals surface area contributed by atoms with E-state index in [0.29, 0.717) is 0 Å². The lowest BCUT2D eigenvalue weighted by Gasteiger charge is -2.39. The van der Waals surface area contributed by atoms with Crippen molar-refractivity contribution >= 4 is 14.1 Å². The van der Waals surface area contributed by atoms with E-state index in [9.17, 15) is 9.90 Å². The Kier molecular flexibility index (Phi) is 5.53. The van der Waals surface area contributed by atoms with E-state index in [1.54, 1.807) is 0 Å². The Balaban J connectivity index is 3.02. The van der Waals surface area contributed by atoms with Crippen molar-refractivity contribution in [2.45, 2.75) is 65.0 Å². The summed E-state index contributed by atoms with van der Waals surface area (Å²) in [6.45, 7) is 14.0. The van der Waals surface area contributed by atoms with E-state index in [-0.39, 0.29) is 10.8 Å². The van der Waals surface area contributed by atoms with E-state index in [1.165, 1.54) is 6.92 Å². The Morgan fingerprint density at radius 2 is 1.67 bits per heavy atom. The largest absolute Gasteiger partial charge is 0.404 e. The van der Waals surface area contributed by atoms with Gasteiger partial charge in [-0.05, 0) is 37.5 Å². The van der Waals surface area contributed by atoms with Crippen LogP contribution in [0.2, 0.25) is 18.1 Å². The summed E-state index contributed by atoms with van der Waals surface area (Å²) in [6.07, 6.45) is -1.72. The first-order valence-corrected chi connectivity index (χ1v) is 10.3. The van der Waals surface area contributed by atoms with E-state index in [2.05, 4.69) is 33.9 Å². The summed E-state index contributed by atoms with van der Waals surface area (Å²) in [7, 11) is -2.12. The van der Waals surface area contributed by atoms with Crippen molar-refractivity contribution in [3.8, 4) is 0 Å². The smallest absolute Gasteiger partial charge is 0.193 e. The van der Waals surface area contributed by atoms with Gasteiger partial charge in [-0.1, -0.05) is 50.6 Å². The van der Waals surface area contributed by atoms with Gasteiger partial charge in [0.2, 0.25) is 0 Å². The maximum Gasteiger partial charge on any atom is 0.193 e. The maximum absolute atomic E-state index is 12.0. The van der Waals surface area contributed by atoms with Gasteiger partial charge >= 0.3 is 0 Å². The zero-order valence-electron chi connectivity index (χ0n) is 14.2. The molecule has 4 heteroatoms. The van der Waals surface area contributed by atoms with Gasteiger partial charge in [0.1, 0.15) is 12.2 Å². The summed E-state index contributed by atoms with van der Waals surface area (Å²) in [5.41, 5.74) is 1.84. The molecule has 0 radical (unpaired) electrons. The molecule has 0 aliphatic rings. The molecule has 0 spiro atoms. The maximum atomic E-state index is 12.0. The summed E-state index contributed by atoms with van der Waals surface area (Å²) in [5.74, 6) is -0.132. The second-order valence-electron chi connectivity index (χ2n) is 7.26. The summed E-state index contributed by atoms with van der Waals surface area (Å²) < 4.78 is 6.15. The first-order chi connectivity index (χ1) is 9.45. The number of carbonyl (C=O) groups is 1. The minimum absolute atomic E-state index is 0.00625. The molecule has 1 rings (SSSR count). The van der Waals surface area contributed by atoms with Crippen LogP contribution in [0.3, 0.4) is 0 Å². The van der Waals surface area contributed by atoms with Crippen LogP contribution in [0, 0.1) is 6.92 Å². The SMILES string of the molecule is CC(=O)[C@H](O[Si](C)(C)C(C)(C)C)[C@@H](O)c1ccc(C)cc1. The summed E-state index contributed by atoms with van der Waals surface area (Å²) in [6, 6.07) is 7.57. The molecule has 1 aromatic carbocycles. The van der Waals surface area contributed by atoms with Gasteiger partial charge in [0, 0.05) is 0 Å². The molecule has 0 aliphatic heterocycles. The third-order valence-corrected chi connectivity index (χ3v) is 8.79. The molecule has 0 aliphatic carbocycles. The summed E-state index contributed by atoms with van der Waals surface area (Å²) in [4.78, 5) is 12.0. The molecular formula is C17H28O3Si.